The van der Waals surface area contributed by atoms with Crippen LogP contribution < -0.4 is 5.32 Å². The Morgan fingerprint density at radius 2 is 2.13 bits per heavy atom. The van der Waals surface area contributed by atoms with Crippen LogP contribution in [-0.2, 0) is 19.1 Å². The van der Waals surface area contributed by atoms with E-state index in [4.69, 9.17) is 9.84 Å². The Morgan fingerprint density at radius 3 is 2.73 bits per heavy atom. The molecule has 15 heavy (non-hydrogen) atoms. The number of carboxylic acids is 1. The first-order valence-corrected chi connectivity index (χ1v) is 4.45. The molecule has 0 aromatic carbocycles. The lowest BCUT2D eigenvalue weighted by atomic mass is 10.4. The number of carboxylic acid groups (broad SMARTS) is 1. The number of carbonyl (C=O) groups excluding carboxylic acids is 1. The zero-order valence-electron chi connectivity index (χ0n) is 8.40. The van der Waals surface area contributed by atoms with Crippen LogP contribution in [0.25, 0.3) is 0 Å². The first-order chi connectivity index (χ1) is 7.16. The van der Waals surface area contributed by atoms with E-state index >= 15 is 0 Å². The van der Waals surface area contributed by atoms with Crippen LogP contribution in [0.2, 0.25) is 0 Å². The van der Waals surface area contributed by atoms with Gasteiger partial charge in [0.25, 0.3) is 0 Å². The number of carbonyl (C=O) groups is 2. The third kappa shape index (κ3) is 10.4. The summed E-state index contributed by atoms with van der Waals surface area (Å²) in [5, 5.41) is 10.8. The van der Waals surface area contributed by atoms with Crippen LogP contribution >= 0.6 is 0 Å². The van der Waals surface area contributed by atoms with Crippen molar-refractivity contribution in [1.29, 1.82) is 0 Å². The molecule has 0 spiro atoms. The van der Waals surface area contributed by atoms with Crippen molar-refractivity contribution < 1.29 is 24.2 Å². The molecular weight excluding hydrogens is 202 g/mol. The zero-order valence-corrected chi connectivity index (χ0v) is 8.40. The highest BCUT2D eigenvalue weighted by Crippen LogP contribution is 1.81. The Hall–Kier alpha value is -1.56. The maximum atomic E-state index is 11.0. The summed E-state index contributed by atoms with van der Waals surface area (Å²) in [6, 6.07) is 0. The quantitative estimate of drug-likeness (QED) is 0.411. The Bertz CT molecular complexity index is 217. The smallest absolute Gasteiger partial charge is 0.329 e. The van der Waals surface area contributed by atoms with E-state index in [-0.39, 0.29) is 12.5 Å². The molecule has 0 fully saturated rings. The summed E-state index contributed by atoms with van der Waals surface area (Å²) in [6.45, 7) is 3.61. The SMILES string of the molecule is C=COCCCNC(=O)COCC(=O)O. The second-order valence-electron chi connectivity index (χ2n) is 2.63. The lowest BCUT2D eigenvalue weighted by Gasteiger charge is -2.04. The molecule has 0 radical (unpaired) electrons. The molecule has 0 saturated carbocycles. The van der Waals surface area contributed by atoms with Crippen LogP contribution in [-0.4, -0.2) is 43.3 Å². The summed E-state index contributed by atoms with van der Waals surface area (Å²) in [4.78, 5) is 21.0. The van der Waals surface area contributed by atoms with Crippen LogP contribution in [0.15, 0.2) is 12.8 Å². The van der Waals surface area contributed by atoms with Crippen molar-refractivity contribution in [3.05, 3.63) is 12.8 Å². The minimum atomic E-state index is -1.10. The average Bonchev–Trinajstić information content (AvgIpc) is 2.17. The number of ether oxygens (including phenoxy) is 2. The van der Waals surface area contributed by atoms with Gasteiger partial charge < -0.3 is 19.9 Å². The molecule has 0 aliphatic carbocycles. The monoisotopic (exact) mass is 217 g/mol. The third-order valence-corrected chi connectivity index (χ3v) is 1.34. The molecule has 6 nitrogen and oxygen atoms in total. The lowest BCUT2D eigenvalue weighted by Crippen LogP contribution is -2.29. The van der Waals surface area contributed by atoms with Crippen LogP contribution in [0.5, 0.6) is 0 Å². The van der Waals surface area contributed by atoms with E-state index in [0.29, 0.717) is 19.6 Å². The van der Waals surface area contributed by atoms with Crippen LogP contribution in [0.4, 0.5) is 0 Å². The highest BCUT2D eigenvalue weighted by molar-refractivity contribution is 5.77. The molecule has 0 rings (SSSR count). The van der Waals surface area contributed by atoms with Gasteiger partial charge in [0.05, 0.1) is 12.9 Å². The largest absolute Gasteiger partial charge is 0.502 e. The lowest BCUT2D eigenvalue weighted by molar-refractivity contribution is -0.143. The van der Waals surface area contributed by atoms with Gasteiger partial charge in [-0.05, 0) is 6.42 Å². The number of amides is 1. The third-order valence-electron chi connectivity index (χ3n) is 1.34. The topological polar surface area (TPSA) is 84.9 Å². The number of hydrogen-bond acceptors (Lipinski definition) is 4. The summed E-state index contributed by atoms with van der Waals surface area (Å²) < 4.78 is 9.41. The maximum Gasteiger partial charge on any atom is 0.329 e. The number of hydrogen-bond donors (Lipinski definition) is 2. The molecule has 0 aromatic rings. The molecule has 86 valence electrons. The van der Waals surface area contributed by atoms with E-state index in [2.05, 4.69) is 16.6 Å². The molecule has 0 atom stereocenters. The van der Waals surface area contributed by atoms with Crippen LogP contribution in [0, 0.1) is 0 Å². The van der Waals surface area contributed by atoms with E-state index in [1.54, 1.807) is 0 Å². The fourth-order valence-electron chi connectivity index (χ4n) is 0.749. The number of rotatable bonds is 9. The number of nitrogens with one attached hydrogen (secondary N) is 1. The molecule has 0 aromatic heterocycles. The van der Waals surface area contributed by atoms with E-state index in [9.17, 15) is 9.59 Å². The van der Waals surface area contributed by atoms with Crippen molar-refractivity contribution in [3.63, 3.8) is 0 Å². The molecule has 0 aliphatic rings. The maximum absolute atomic E-state index is 11.0. The molecule has 0 saturated heterocycles. The van der Waals surface area contributed by atoms with Gasteiger partial charge in [0.2, 0.25) is 5.91 Å². The molecule has 0 aliphatic heterocycles. The molecule has 1 amide bonds. The average molecular weight is 217 g/mol. The Kier molecular flexibility index (Phi) is 8.08. The standard InChI is InChI=1S/C9H15NO5/c1-2-14-5-3-4-10-8(11)6-15-7-9(12)13/h2H,1,3-7H2,(H,10,11)(H,12,13). The van der Waals surface area contributed by atoms with Gasteiger partial charge in [0.1, 0.15) is 13.2 Å². The van der Waals surface area contributed by atoms with Gasteiger partial charge in [-0.15, -0.1) is 0 Å². The zero-order chi connectivity index (χ0) is 11.5. The van der Waals surface area contributed by atoms with E-state index in [1.807, 2.05) is 0 Å². The molecule has 2 N–H and O–H groups in total. The van der Waals surface area contributed by atoms with Crippen LogP contribution in [0.3, 0.4) is 0 Å². The molecule has 0 heterocycles. The number of aliphatic carboxylic acids is 1. The van der Waals surface area contributed by atoms with Gasteiger partial charge in [-0.2, -0.15) is 0 Å². The summed E-state index contributed by atoms with van der Waals surface area (Å²) in [5.74, 6) is -1.43. The molecule has 6 heteroatoms. The summed E-state index contributed by atoms with van der Waals surface area (Å²) in [5.41, 5.74) is 0. The van der Waals surface area contributed by atoms with Gasteiger partial charge in [0, 0.05) is 6.54 Å². The van der Waals surface area contributed by atoms with Gasteiger partial charge in [0.15, 0.2) is 0 Å². The second kappa shape index (κ2) is 9.01. The molecule has 0 bridgehead atoms. The second-order valence-corrected chi connectivity index (χ2v) is 2.63. The predicted octanol–water partition coefficient (Wildman–Crippen LogP) is -0.246. The summed E-state index contributed by atoms with van der Waals surface area (Å²) in [6.07, 6.45) is 1.99. The Balaban J connectivity index is 3.25. The fraction of sp³-hybridized carbons (Fsp3) is 0.556. The Labute approximate surface area is 87.9 Å². The van der Waals surface area contributed by atoms with Crippen molar-refractivity contribution in [2.24, 2.45) is 0 Å². The van der Waals surface area contributed by atoms with Crippen molar-refractivity contribution in [2.45, 2.75) is 6.42 Å². The summed E-state index contributed by atoms with van der Waals surface area (Å²) in [7, 11) is 0. The molecule has 0 unspecified atom stereocenters. The first-order valence-electron chi connectivity index (χ1n) is 4.45. The predicted molar refractivity (Wildman–Crippen MR) is 52.2 cm³/mol. The van der Waals surface area contributed by atoms with Crippen molar-refractivity contribution in [3.8, 4) is 0 Å². The Morgan fingerprint density at radius 1 is 1.40 bits per heavy atom. The highest BCUT2D eigenvalue weighted by Gasteiger charge is 2.02. The van der Waals surface area contributed by atoms with Crippen molar-refractivity contribution >= 4 is 11.9 Å². The highest BCUT2D eigenvalue weighted by atomic mass is 16.5. The minimum Gasteiger partial charge on any atom is -0.502 e. The minimum absolute atomic E-state index is 0.241. The van der Waals surface area contributed by atoms with E-state index < -0.39 is 12.6 Å². The van der Waals surface area contributed by atoms with Gasteiger partial charge in [-0.1, -0.05) is 6.58 Å². The normalized spacial score (nSPS) is 9.33. The van der Waals surface area contributed by atoms with Gasteiger partial charge in [-0.25, -0.2) is 4.79 Å². The van der Waals surface area contributed by atoms with Crippen molar-refractivity contribution in [2.75, 3.05) is 26.4 Å². The van der Waals surface area contributed by atoms with Gasteiger partial charge in [-0.3, -0.25) is 4.79 Å². The summed E-state index contributed by atoms with van der Waals surface area (Å²) >= 11 is 0. The van der Waals surface area contributed by atoms with E-state index in [1.165, 1.54) is 6.26 Å². The first kappa shape index (κ1) is 13.4. The van der Waals surface area contributed by atoms with Gasteiger partial charge >= 0.3 is 5.97 Å². The fourth-order valence-corrected chi connectivity index (χ4v) is 0.749. The molecular formula is C9H15NO5. The van der Waals surface area contributed by atoms with E-state index in [0.717, 1.165) is 0 Å². The van der Waals surface area contributed by atoms with Crippen molar-refractivity contribution in [1.82, 2.24) is 5.32 Å². The van der Waals surface area contributed by atoms with Crippen LogP contribution in [0.1, 0.15) is 6.42 Å².